The van der Waals surface area contributed by atoms with Crippen LogP contribution in [-0.4, -0.2) is 32.8 Å². The average Bonchev–Trinajstić information content (AvgIpc) is 3.26. The predicted molar refractivity (Wildman–Crippen MR) is 113 cm³/mol. The van der Waals surface area contributed by atoms with Crippen LogP contribution in [0.5, 0.6) is 0 Å². The molecule has 0 radical (unpaired) electrons. The lowest BCUT2D eigenvalue weighted by Gasteiger charge is -2.58. The molecule has 28 heavy (non-hydrogen) atoms. The van der Waals surface area contributed by atoms with Crippen LogP contribution in [0.15, 0.2) is 11.8 Å². The molecule has 152 valence electrons. The minimum Gasteiger partial charge on any atom is -0.396 e. The lowest BCUT2D eigenvalue weighted by molar-refractivity contribution is -0.121. The van der Waals surface area contributed by atoms with Crippen LogP contribution in [0, 0.1) is 34.5 Å². The van der Waals surface area contributed by atoms with Gasteiger partial charge in [-0.2, -0.15) is 5.10 Å². The summed E-state index contributed by atoms with van der Waals surface area (Å²) in [6.45, 7) is 5.01. The maximum atomic E-state index is 12.9. The van der Waals surface area contributed by atoms with Crippen molar-refractivity contribution in [3.05, 3.63) is 23.0 Å². The minimum absolute atomic E-state index is 0.0947. The number of aliphatic hydroxyl groups excluding tert-OH is 1. The predicted octanol–water partition coefficient (Wildman–Crippen LogP) is 4.46. The van der Waals surface area contributed by atoms with Gasteiger partial charge in [-0.3, -0.25) is 9.89 Å². The van der Waals surface area contributed by atoms with Gasteiger partial charge in [-0.25, -0.2) is 0 Å². The Morgan fingerprint density at radius 3 is 2.96 bits per heavy atom. The molecule has 4 nitrogen and oxygen atoms in total. The molecule has 5 heteroatoms. The van der Waals surface area contributed by atoms with Crippen LogP contribution in [0.4, 0.5) is 0 Å². The van der Waals surface area contributed by atoms with Crippen molar-refractivity contribution in [1.82, 2.24) is 10.2 Å². The molecule has 6 unspecified atom stereocenters. The number of allylic oxidation sites excluding steroid dienone is 1. The number of aromatic nitrogens is 2. The number of nitrogens with zero attached hydrogens (tertiary/aromatic N) is 1. The Morgan fingerprint density at radius 1 is 1.29 bits per heavy atom. The smallest absolute Gasteiger partial charge is 0.192 e. The van der Waals surface area contributed by atoms with Crippen molar-refractivity contribution >= 4 is 23.0 Å². The summed E-state index contributed by atoms with van der Waals surface area (Å²) in [5.74, 6) is 2.88. The van der Waals surface area contributed by atoms with Gasteiger partial charge in [-0.05, 0) is 85.2 Å². The molecule has 0 saturated heterocycles. The van der Waals surface area contributed by atoms with Crippen LogP contribution in [0.3, 0.4) is 0 Å². The van der Waals surface area contributed by atoms with Gasteiger partial charge in [0.15, 0.2) is 5.12 Å². The largest absolute Gasteiger partial charge is 0.396 e. The fourth-order valence-electron chi connectivity index (χ4n) is 7.60. The zero-order valence-corrected chi connectivity index (χ0v) is 17.9. The molecule has 0 spiro atoms. The SMILES string of the molecule is CC12Cc3cn[nH]c3C=C1CCC1C2CCC2(C)C(C(=O)SCCO)CCC12. The summed E-state index contributed by atoms with van der Waals surface area (Å²) in [5.41, 5.74) is 4.64. The van der Waals surface area contributed by atoms with Crippen molar-refractivity contribution in [2.24, 2.45) is 34.5 Å². The molecule has 0 aliphatic heterocycles. The summed E-state index contributed by atoms with van der Waals surface area (Å²) in [6, 6.07) is 0. The Kier molecular flexibility index (Phi) is 4.55. The van der Waals surface area contributed by atoms with Crippen LogP contribution in [0.1, 0.15) is 63.6 Å². The van der Waals surface area contributed by atoms with Gasteiger partial charge in [0.05, 0.1) is 18.5 Å². The molecule has 1 heterocycles. The normalized spacial score (nSPS) is 41.5. The topological polar surface area (TPSA) is 66.0 Å². The van der Waals surface area contributed by atoms with Crippen LogP contribution in [-0.2, 0) is 11.2 Å². The number of rotatable bonds is 3. The number of carbonyl (C=O) groups is 1. The first-order valence-electron chi connectivity index (χ1n) is 11.0. The summed E-state index contributed by atoms with van der Waals surface area (Å²) in [4.78, 5) is 12.9. The second kappa shape index (κ2) is 6.73. The molecular formula is C23H32N2O2S. The first-order chi connectivity index (χ1) is 13.5. The lowest BCUT2D eigenvalue weighted by atomic mass is 9.47. The Hall–Kier alpha value is -1.07. The molecule has 3 saturated carbocycles. The van der Waals surface area contributed by atoms with E-state index in [4.69, 9.17) is 5.11 Å². The third-order valence-electron chi connectivity index (χ3n) is 8.98. The summed E-state index contributed by atoms with van der Waals surface area (Å²) in [6.07, 6.45) is 12.7. The van der Waals surface area contributed by atoms with E-state index in [2.05, 4.69) is 30.1 Å². The van der Waals surface area contributed by atoms with E-state index in [1.807, 2.05) is 6.20 Å². The average molecular weight is 401 g/mol. The molecule has 4 aliphatic rings. The Bertz CT molecular complexity index is 817. The maximum Gasteiger partial charge on any atom is 0.192 e. The minimum atomic E-state index is 0.0947. The first-order valence-corrected chi connectivity index (χ1v) is 12.0. The zero-order valence-electron chi connectivity index (χ0n) is 17.0. The van der Waals surface area contributed by atoms with Gasteiger partial charge in [-0.15, -0.1) is 0 Å². The molecular weight excluding hydrogens is 368 g/mol. The van der Waals surface area contributed by atoms with Gasteiger partial charge < -0.3 is 5.11 Å². The maximum absolute atomic E-state index is 12.9. The fraction of sp³-hybridized carbons (Fsp3) is 0.739. The van der Waals surface area contributed by atoms with Crippen molar-refractivity contribution in [2.45, 2.75) is 58.8 Å². The highest BCUT2D eigenvalue weighted by molar-refractivity contribution is 8.13. The van der Waals surface area contributed by atoms with Gasteiger partial charge in [-0.1, -0.05) is 31.2 Å². The third kappa shape index (κ3) is 2.61. The van der Waals surface area contributed by atoms with E-state index < -0.39 is 0 Å². The van der Waals surface area contributed by atoms with E-state index in [-0.39, 0.29) is 23.4 Å². The standard InChI is InChI=1S/C23H32N2O2S/c1-22-8-7-18-16(17(22)5-6-19(22)21(27)28-10-9-26)4-3-15-11-20-14(13-24-25-20)12-23(15,18)2/h11,13,16-19,26H,3-10,12H2,1-2H3,(H,24,25). The van der Waals surface area contributed by atoms with Crippen LogP contribution < -0.4 is 0 Å². The number of hydrogen-bond acceptors (Lipinski definition) is 4. The zero-order chi connectivity index (χ0) is 19.5. The van der Waals surface area contributed by atoms with Crippen molar-refractivity contribution in [3.8, 4) is 0 Å². The van der Waals surface area contributed by atoms with E-state index in [0.29, 0.717) is 16.8 Å². The van der Waals surface area contributed by atoms with Gasteiger partial charge in [0.2, 0.25) is 0 Å². The molecule has 6 atom stereocenters. The van der Waals surface area contributed by atoms with Crippen LogP contribution in [0.25, 0.3) is 6.08 Å². The Balaban J connectivity index is 1.41. The van der Waals surface area contributed by atoms with E-state index in [0.717, 1.165) is 24.7 Å². The van der Waals surface area contributed by atoms with Crippen molar-refractivity contribution < 1.29 is 9.90 Å². The van der Waals surface area contributed by atoms with Crippen molar-refractivity contribution in [1.29, 1.82) is 0 Å². The summed E-state index contributed by atoms with van der Waals surface area (Å²) in [7, 11) is 0. The Morgan fingerprint density at radius 2 is 2.14 bits per heavy atom. The second-order valence-electron chi connectivity index (χ2n) is 10.1. The molecule has 0 bridgehead atoms. The molecule has 0 aromatic carbocycles. The number of thioether (sulfide) groups is 1. The van der Waals surface area contributed by atoms with Crippen molar-refractivity contribution in [2.75, 3.05) is 12.4 Å². The second-order valence-corrected chi connectivity index (χ2v) is 11.2. The molecule has 5 rings (SSSR count). The first kappa shape index (κ1) is 18.9. The number of aromatic amines is 1. The van der Waals surface area contributed by atoms with E-state index in [1.165, 1.54) is 55.1 Å². The molecule has 0 amide bonds. The van der Waals surface area contributed by atoms with Gasteiger partial charge >= 0.3 is 0 Å². The van der Waals surface area contributed by atoms with Crippen LogP contribution in [0.2, 0.25) is 0 Å². The van der Waals surface area contributed by atoms with Gasteiger partial charge in [0.1, 0.15) is 0 Å². The Labute approximate surface area is 171 Å². The van der Waals surface area contributed by atoms with Gasteiger partial charge in [0.25, 0.3) is 0 Å². The number of nitrogens with one attached hydrogen (secondary N) is 1. The summed E-state index contributed by atoms with van der Waals surface area (Å²) < 4.78 is 0. The van der Waals surface area contributed by atoms with Gasteiger partial charge in [0, 0.05) is 11.7 Å². The molecule has 2 N–H and O–H groups in total. The number of aliphatic hydroxyl groups is 1. The molecule has 4 aliphatic carbocycles. The number of H-pyrrole nitrogens is 1. The fourth-order valence-corrected chi connectivity index (χ4v) is 8.48. The third-order valence-corrected chi connectivity index (χ3v) is 9.94. The van der Waals surface area contributed by atoms with E-state index in [9.17, 15) is 4.79 Å². The lowest BCUT2D eigenvalue weighted by Crippen LogP contribution is -2.51. The number of carbonyl (C=O) groups excluding carboxylic acids is 1. The monoisotopic (exact) mass is 400 g/mol. The summed E-state index contributed by atoms with van der Waals surface area (Å²) >= 11 is 1.36. The van der Waals surface area contributed by atoms with Crippen LogP contribution >= 0.6 is 11.8 Å². The number of hydrogen-bond donors (Lipinski definition) is 2. The molecule has 1 aromatic rings. The highest BCUT2D eigenvalue weighted by atomic mass is 32.2. The number of fused-ring (bicyclic) bond motifs is 6. The quantitative estimate of drug-likeness (QED) is 0.786. The van der Waals surface area contributed by atoms with E-state index in [1.54, 1.807) is 5.57 Å². The molecule has 1 aromatic heterocycles. The molecule has 3 fully saturated rings. The van der Waals surface area contributed by atoms with E-state index >= 15 is 0 Å². The van der Waals surface area contributed by atoms with Crippen molar-refractivity contribution in [3.63, 3.8) is 0 Å². The highest BCUT2D eigenvalue weighted by Crippen LogP contribution is 2.66. The highest BCUT2D eigenvalue weighted by Gasteiger charge is 2.60. The summed E-state index contributed by atoms with van der Waals surface area (Å²) in [5, 5.41) is 16.9.